The lowest BCUT2D eigenvalue weighted by Gasteiger charge is -2.12. The Labute approximate surface area is 95.3 Å². The molecule has 84 valence electrons. The molecule has 1 rings (SSSR count). The van der Waals surface area contributed by atoms with Gasteiger partial charge in [0.25, 0.3) is 0 Å². The minimum Gasteiger partial charge on any atom is -0.388 e. The summed E-state index contributed by atoms with van der Waals surface area (Å²) in [4.78, 5) is 3.91. The van der Waals surface area contributed by atoms with Gasteiger partial charge in [-0.1, -0.05) is 37.8 Å². The van der Waals surface area contributed by atoms with E-state index in [4.69, 9.17) is 17.3 Å². The molecule has 0 amide bonds. The lowest BCUT2D eigenvalue weighted by atomic mass is 10.0. The van der Waals surface area contributed by atoms with Crippen molar-refractivity contribution in [2.45, 2.75) is 38.7 Å². The molecular weight excluding hydrogens is 212 g/mol. The molecule has 15 heavy (non-hydrogen) atoms. The van der Waals surface area contributed by atoms with Crippen LogP contribution in [0.25, 0.3) is 0 Å². The molecule has 1 aromatic rings. The van der Waals surface area contributed by atoms with Gasteiger partial charge < -0.3 is 10.8 Å². The van der Waals surface area contributed by atoms with Crippen LogP contribution in [0.4, 0.5) is 5.82 Å². The smallest absolute Gasteiger partial charge is 0.129 e. The van der Waals surface area contributed by atoms with Crippen LogP contribution >= 0.6 is 11.6 Å². The van der Waals surface area contributed by atoms with E-state index in [1.54, 1.807) is 6.07 Å². The number of nitrogen functional groups attached to an aromatic ring is 1. The summed E-state index contributed by atoms with van der Waals surface area (Å²) in [6.45, 7) is 2.13. The molecule has 3 nitrogen and oxygen atoms in total. The van der Waals surface area contributed by atoms with Crippen LogP contribution in [-0.2, 0) is 0 Å². The van der Waals surface area contributed by atoms with E-state index in [-0.39, 0.29) is 0 Å². The van der Waals surface area contributed by atoms with Gasteiger partial charge in [-0.3, -0.25) is 0 Å². The van der Waals surface area contributed by atoms with E-state index in [1.807, 2.05) is 0 Å². The molecule has 0 saturated heterocycles. The topological polar surface area (TPSA) is 59.1 Å². The third kappa shape index (κ3) is 3.68. The molecule has 0 radical (unpaired) electrons. The molecule has 0 bridgehead atoms. The monoisotopic (exact) mass is 228 g/mol. The number of hydrogen-bond acceptors (Lipinski definition) is 3. The van der Waals surface area contributed by atoms with Crippen molar-refractivity contribution in [3.63, 3.8) is 0 Å². The zero-order valence-corrected chi connectivity index (χ0v) is 9.67. The molecule has 1 aromatic heterocycles. The lowest BCUT2D eigenvalue weighted by molar-refractivity contribution is 0.164. The number of aromatic nitrogens is 1. The number of rotatable bonds is 5. The van der Waals surface area contributed by atoms with Gasteiger partial charge in [0.05, 0.1) is 11.1 Å². The normalized spacial score (nSPS) is 12.7. The maximum Gasteiger partial charge on any atom is 0.129 e. The fraction of sp³-hybridized carbons (Fsp3) is 0.545. The fourth-order valence-corrected chi connectivity index (χ4v) is 1.64. The van der Waals surface area contributed by atoms with Gasteiger partial charge in [-0.2, -0.15) is 0 Å². The Kier molecular flexibility index (Phi) is 4.85. The summed E-state index contributed by atoms with van der Waals surface area (Å²) < 4.78 is 0. The molecule has 3 N–H and O–H groups in total. The van der Waals surface area contributed by atoms with Crippen LogP contribution < -0.4 is 5.73 Å². The summed E-state index contributed by atoms with van der Waals surface area (Å²) in [6, 6.07) is 1.68. The third-order valence-electron chi connectivity index (χ3n) is 2.36. The van der Waals surface area contributed by atoms with Crippen LogP contribution in [0, 0.1) is 0 Å². The second kappa shape index (κ2) is 5.93. The quantitative estimate of drug-likeness (QED) is 0.762. The van der Waals surface area contributed by atoms with Crippen molar-refractivity contribution in [3.05, 3.63) is 22.8 Å². The van der Waals surface area contributed by atoms with Gasteiger partial charge in [0.1, 0.15) is 5.82 Å². The number of anilines is 1. The Hall–Kier alpha value is -0.800. The van der Waals surface area contributed by atoms with Crippen molar-refractivity contribution in [2.75, 3.05) is 5.73 Å². The van der Waals surface area contributed by atoms with Gasteiger partial charge >= 0.3 is 0 Å². The number of aliphatic hydroxyl groups is 1. The zero-order chi connectivity index (χ0) is 11.3. The standard InChI is InChI=1S/C11H17ClN2O/c1-2-3-4-5-10(15)9-6-8(12)7-14-11(9)13/h6-7,10,15H,2-5H2,1H3,(H2,13,14). The van der Waals surface area contributed by atoms with Crippen LogP contribution in [-0.4, -0.2) is 10.1 Å². The van der Waals surface area contributed by atoms with Crippen molar-refractivity contribution in [2.24, 2.45) is 0 Å². The van der Waals surface area contributed by atoms with Crippen LogP contribution in [0.2, 0.25) is 5.02 Å². The number of hydrogen-bond donors (Lipinski definition) is 2. The maximum absolute atomic E-state index is 9.87. The number of pyridine rings is 1. The largest absolute Gasteiger partial charge is 0.388 e. The van der Waals surface area contributed by atoms with Crippen molar-refractivity contribution in [1.29, 1.82) is 0 Å². The maximum atomic E-state index is 9.87. The van der Waals surface area contributed by atoms with Crippen molar-refractivity contribution >= 4 is 17.4 Å². The van der Waals surface area contributed by atoms with E-state index in [2.05, 4.69) is 11.9 Å². The van der Waals surface area contributed by atoms with Crippen molar-refractivity contribution < 1.29 is 5.11 Å². The fourth-order valence-electron chi connectivity index (χ4n) is 1.48. The SMILES string of the molecule is CCCCCC(O)c1cc(Cl)cnc1N. The molecule has 0 saturated carbocycles. The first kappa shape index (κ1) is 12.3. The summed E-state index contributed by atoms with van der Waals surface area (Å²) >= 11 is 5.79. The molecule has 0 aliphatic heterocycles. The average molecular weight is 229 g/mol. The van der Waals surface area contributed by atoms with E-state index < -0.39 is 6.10 Å². The Morgan fingerprint density at radius 2 is 2.27 bits per heavy atom. The van der Waals surface area contributed by atoms with Gasteiger partial charge in [-0.15, -0.1) is 0 Å². The molecule has 4 heteroatoms. The predicted octanol–water partition coefficient (Wildman–Crippen LogP) is 2.93. The lowest BCUT2D eigenvalue weighted by Crippen LogP contribution is -2.04. The molecular formula is C11H17ClN2O. The van der Waals surface area contributed by atoms with Gasteiger partial charge in [-0.25, -0.2) is 4.98 Å². The van der Waals surface area contributed by atoms with Crippen molar-refractivity contribution in [1.82, 2.24) is 4.98 Å². The molecule has 0 spiro atoms. The Bertz CT molecular complexity index is 317. The van der Waals surface area contributed by atoms with Gasteiger partial charge in [0, 0.05) is 11.8 Å². The summed E-state index contributed by atoms with van der Waals surface area (Å²) in [6.07, 6.45) is 4.88. The molecule has 0 fully saturated rings. The van der Waals surface area contributed by atoms with E-state index >= 15 is 0 Å². The first-order chi connectivity index (χ1) is 7.15. The second-order valence-electron chi connectivity index (χ2n) is 3.64. The summed E-state index contributed by atoms with van der Waals surface area (Å²) in [5.74, 6) is 0.364. The minimum atomic E-state index is -0.553. The zero-order valence-electron chi connectivity index (χ0n) is 8.91. The molecule has 0 aliphatic carbocycles. The summed E-state index contributed by atoms with van der Waals surface area (Å²) in [5, 5.41) is 10.4. The van der Waals surface area contributed by atoms with Crippen molar-refractivity contribution in [3.8, 4) is 0 Å². The minimum absolute atomic E-state index is 0.364. The highest BCUT2D eigenvalue weighted by Gasteiger charge is 2.11. The van der Waals surface area contributed by atoms with E-state index in [1.165, 1.54) is 6.20 Å². The Balaban J connectivity index is 2.64. The molecule has 1 atom stereocenters. The van der Waals surface area contributed by atoms with Gasteiger partial charge in [0.2, 0.25) is 0 Å². The average Bonchev–Trinajstić information content (AvgIpc) is 2.22. The van der Waals surface area contributed by atoms with Gasteiger partial charge in [0.15, 0.2) is 0 Å². The number of aliphatic hydroxyl groups excluding tert-OH is 1. The number of halogens is 1. The molecule has 1 heterocycles. The highest BCUT2D eigenvalue weighted by Crippen LogP contribution is 2.25. The Morgan fingerprint density at radius 3 is 2.93 bits per heavy atom. The third-order valence-corrected chi connectivity index (χ3v) is 2.56. The number of nitrogens with two attached hydrogens (primary N) is 1. The first-order valence-electron chi connectivity index (χ1n) is 5.24. The van der Waals surface area contributed by atoms with Crippen LogP contribution in [0.1, 0.15) is 44.3 Å². The van der Waals surface area contributed by atoms with Crippen LogP contribution in [0.3, 0.4) is 0 Å². The molecule has 0 aliphatic rings. The highest BCUT2D eigenvalue weighted by molar-refractivity contribution is 6.30. The summed E-state index contributed by atoms with van der Waals surface area (Å²) in [7, 11) is 0. The Morgan fingerprint density at radius 1 is 1.53 bits per heavy atom. The van der Waals surface area contributed by atoms with E-state index in [0.717, 1.165) is 19.3 Å². The highest BCUT2D eigenvalue weighted by atomic mass is 35.5. The number of unbranched alkanes of at least 4 members (excludes halogenated alkanes) is 2. The second-order valence-corrected chi connectivity index (χ2v) is 4.08. The number of nitrogens with zero attached hydrogens (tertiary/aromatic N) is 1. The van der Waals surface area contributed by atoms with Crippen LogP contribution in [0.5, 0.6) is 0 Å². The van der Waals surface area contributed by atoms with E-state index in [9.17, 15) is 5.11 Å². The predicted molar refractivity (Wildman–Crippen MR) is 62.8 cm³/mol. The first-order valence-corrected chi connectivity index (χ1v) is 5.62. The summed E-state index contributed by atoms with van der Waals surface area (Å²) in [5.41, 5.74) is 6.30. The van der Waals surface area contributed by atoms with Crippen LogP contribution in [0.15, 0.2) is 12.3 Å². The molecule has 1 unspecified atom stereocenters. The van der Waals surface area contributed by atoms with Gasteiger partial charge in [-0.05, 0) is 12.5 Å². The molecule has 0 aromatic carbocycles. The van der Waals surface area contributed by atoms with E-state index in [0.29, 0.717) is 22.8 Å².